The van der Waals surface area contributed by atoms with Gasteiger partial charge in [0.1, 0.15) is 0 Å². The molecule has 2 N–H and O–H groups in total. The van der Waals surface area contributed by atoms with E-state index in [0.29, 0.717) is 23.2 Å². The molecule has 1 atom stereocenters. The SMILES string of the molecule is CC(C)C1CCCN1C(=O)c1ccccc1N. The largest absolute Gasteiger partial charge is 0.398 e. The van der Waals surface area contributed by atoms with Crippen molar-refractivity contribution in [1.82, 2.24) is 4.90 Å². The number of benzene rings is 1. The predicted octanol–water partition coefficient (Wildman–Crippen LogP) is 2.53. The highest BCUT2D eigenvalue weighted by molar-refractivity contribution is 5.99. The summed E-state index contributed by atoms with van der Waals surface area (Å²) < 4.78 is 0. The van der Waals surface area contributed by atoms with Gasteiger partial charge in [0.05, 0.1) is 5.56 Å². The fourth-order valence-electron chi connectivity index (χ4n) is 2.58. The third-order valence-corrected chi connectivity index (χ3v) is 3.52. The van der Waals surface area contributed by atoms with Gasteiger partial charge in [0.2, 0.25) is 0 Å². The molecule has 1 aliphatic rings. The van der Waals surface area contributed by atoms with Crippen molar-refractivity contribution < 1.29 is 4.79 Å². The van der Waals surface area contributed by atoms with Crippen LogP contribution < -0.4 is 5.73 Å². The van der Waals surface area contributed by atoms with Gasteiger partial charge in [0.15, 0.2) is 0 Å². The number of hydrogen-bond donors (Lipinski definition) is 1. The standard InChI is InChI=1S/C14H20N2O/c1-10(2)13-8-5-9-16(13)14(17)11-6-3-4-7-12(11)15/h3-4,6-7,10,13H,5,8-9,15H2,1-2H3. The smallest absolute Gasteiger partial charge is 0.256 e. The number of carbonyl (C=O) groups excluding carboxylic acids is 1. The number of likely N-dealkylation sites (tertiary alicyclic amines) is 1. The molecule has 17 heavy (non-hydrogen) atoms. The molecule has 1 amide bonds. The number of para-hydroxylation sites is 1. The first-order valence-corrected chi connectivity index (χ1v) is 6.26. The Bertz CT molecular complexity index is 414. The predicted molar refractivity (Wildman–Crippen MR) is 69.8 cm³/mol. The average molecular weight is 232 g/mol. The van der Waals surface area contributed by atoms with Crippen molar-refractivity contribution >= 4 is 11.6 Å². The molecule has 1 unspecified atom stereocenters. The summed E-state index contributed by atoms with van der Waals surface area (Å²) in [6.07, 6.45) is 2.21. The van der Waals surface area contributed by atoms with Gasteiger partial charge in [0, 0.05) is 18.3 Å². The van der Waals surface area contributed by atoms with Crippen molar-refractivity contribution in [2.75, 3.05) is 12.3 Å². The zero-order chi connectivity index (χ0) is 12.4. The van der Waals surface area contributed by atoms with Crippen molar-refractivity contribution in [2.45, 2.75) is 32.7 Å². The Morgan fingerprint density at radius 1 is 1.41 bits per heavy atom. The van der Waals surface area contributed by atoms with Crippen molar-refractivity contribution in [3.63, 3.8) is 0 Å². The van der Waals surface area contributed by atoms with E-state index in [2.05, 4.69) is 13.8 Å². The summed E-state index contributed by atoms with van der Waals surface area (Å²) in [7, 11) is 0. The number of carbonyl (C=O) groups is 1. The van der Waals surface area contributed by atoms with E-state index in [1.165, 1.54) is 0 Å². The number of rotatable bonds is 2. The highest BCUT2D eigenvalue weighted by Crippen LogP contribution is 2.26. The van der Waals surface area contributed by atoms with Gasteiger partial charge in [-0.2, -0.15) is 0 Å². The summed E-state index contributed by atoms with van der Waals surface area (Å²) in [6.45, 7) is 5.20. The highest BCUT2D eigenvalue weighted by atomic mass is 16.2. The summed E-state index contributed by atoms with van der Waals surface area (Å²) in [6, 6.07) is 7.68. The van der Waals surface area contributed by atoms with Crippen LogP contribution in [0.25, 0.3) is 0 Å². The fourth-order valence-corrected chi connectivity index (χ4v) is 2.58. The van der Waals surface area contributed by atoms with Crippen LogP contribution in [0.3, 0.4) is 0 Å². The molecule has 2 rings (SSSR count). The van der Waals surface area contributed by atoms with E-state index in [9.17, 15) is 4.79 Å². The number of hydrogen-bond acceptors (Lipinski definition) is 2. The molecule has 1 aromatic rings. The summed E-state index contributed by atoms with van der Waals surface area (Å²) in [4.78, 5) is 14.4. The Labute approximate surface area is 103 Å². The van der Waals surface area contributed by atoms with Gasteiger partial charge in [-0.25, -0.2) is 0 Å². The summed E-state index contributed by atoms with van der Waals surface area (Å²) in [5.74, 6) is 0.589. The minimum absolute atomic E-state index is 0.0827. The highest BCUT2D eigenvalue weighted by Gasteiger charge is 2.31. The van der Waals surface area contributed by atoms with Gasteiger partial charge in [-0.05, 0) is 30.9 Å². The molecule has 1 aromatic carbocycles. The number of nitrogens with zero attached hydrogens (tertiary/aromatic N) is 1. The van der Waals surface area contributed by atoms with Crippen LogP contribution in [0, 0.1) is 5.92 Å². The Morgan fingerprint density at radius 3 is 2.76 bits per heavy atom. The Hall–Kier alpha value is -1.51. The molecule has 0 radical (unpaired) electrons. The Morgan fingerprint density at radius 2 is 2.12 bits per heavy atom. The van der Waals surface area contributed by atoms with Crippen LogP contribution in [0.4, 0.5) is 5.69 Å². The molecule has 0 aromatic heterocycles. The van der Waals surface area contributed by atoms with Crippen molar-refractivity contribution in [3.8, 4) is 0 Å². The van der Waals surface area contributed by atoms with Crippen LogP contribution in [0.15, 0.2) is 24.3 Å². The molecule has 0 saturated carbocycles. The number of amides is 1. The van der Waals surface area contributed by atoms with Crippen molar-refractivity contribution in [3.05, 3.63) is 29.8 Å². The average Bonchev–Trinajstić information content (AvgIpc) is 2.77. The van der Waals surface area contributed by atoms with Crippen LogP contribution in [0.5, 0.6) is 0 Å². The summed E-state index contributed by atoms with van der Waals surface area (Å²) in [5, 5.41) is 0. The lowest BCUT2D eigenvalue weighted by Gasteiger charge is -2.28. The molecule has 0 spiro atoms. The first-order chi connectivity index (χ1) is 8.11. The monoisotopic (exact) mass is 232 g/mol. The van der Waals surface area contributed by atoms with E-state index in [0.717, 1.165) is 19.4 Å². The van der Waals surface area contributed by atoms with E-state index >= 15 is 0 Å². The van der Waals surface area contributed by atoms with Crippen LogP contribution in [0.2, 0.25) is 0 Å². The van der Waals surface area contributed by atoms with E-state index in [1.807, 2.05) is 23.1 Å². The Kier molecular flexibility index (Phi) is 3.36. The first kappa shape index (κ1) is 12.0. The molecule has 3 heteroatoms. The van der Waals surface area contributed by atoms with Gasteiger partial charge >= 0.3 is 0 Å². The van der Waals surface area contributed by atoms with E-state index in [4.69, 9.17) is 5.73 Å². The lowest BCUT2D eigenvalue weighted by molar-refractivity contribution is 0.0702. The molecule has 1 aliphatic heterocycles. The zero-order valence-corrected chi connectivity index (χ0v) is 10.5. The molecular formula is C14H20N2O. The second kappa shape index (κ2) is 4.78. The van der Waals surface area contributed by atoms with Crippen LogP contribution in [-0.2, 0) is 0 Å². The molecule has 0 bridgehead atoms. The topological polar surface area (TPSA) is 46.3 Å². The molecule has 92 valence electrons. The maximum absolute atomic E-state index is 12.4. The van der Waals surface area contributed by atoms with Crippen molar-refractivity contribution in [1.29, 1.82) is 0 Å². The second-order valence-corrected chi connectivity index (χ2v) is 5.04. The first-order valence-electron chi connectivity index (χ1n) is 6.26. The fraction of sp³-hybridized carbons (Fsp3) is 0.500. The molecule has 3 nitrogen and oxygen atoms in total. The second-order valence-electron chi connectivity index (χ2n) is 5.04. The van der Waals surface area contributed by atoms with E-state index in [1.54, 1.807) is 6.07 Å². The van der Waals surface area contributed by atoms with Crippen LogP contribution in [-0.4, -0.2) is 23.4 Å². The number of nitrogens with two attached hydrogens (primary N) is 1. The van der Waals surface area contributed by atoms with Gasteiger partial charge in [-0.3, -0.25) is 4.79 Å². The third kappa shape index (κ3) is 2.28. The maximum Gasteiger partial charge on any atom is 0.256 e. The lowest BCUT2D eigenvalue weighted by atomic mass is 10.0. The van der Waals surface area contributed by atoms with Crippen molar-refractivity contribution in [2.24, 2.45) is 5.92 Å². The van der Waals surface area contributed by atoms with Crippen LogP contribution >= 0.6 is 0 Å². The van der Waals surface area contributed by atoms with E-state index < -0.39 is 0 Å². The van der Waals surface area contributed by atoms with Gasteiger partial charge < -0.3 is 10.6 Å². The van der Waals surface area contributed by atoms with Crippen LogP contribution in [0.1, 0.15) is 37.0 Å². The molecule has 1 fully saturated rings. The summed E-state index contributed by atoms with van der Waals surface area (Å²) in [5.41, 5.74) is 7.08. The molecule has 0 aliphatic carbocycles. The number of nitrogen functional groups attached to an aromatic ring is 1. The third-order valence-electron chi connectivity index (χ3n) is 3.52. The minimum atomic E-state index is 0.0827. The van der Waals surface area contributed by atoms with E-state index in [-0.39, 0.29) is 5.91 Å². The van der Waals surface area contributed by atoms with Gasteiger partial charge in [-0.15, -0.1) is 0 Å². The molecular weight excluding hydrogens is 212 g/mol. The molecule has 1 saturated heterocycles. The zero-order valence-electron chi connectivity index (χ0n) is 10.5. The normalized spacial score (nSPS) is 19.9. The lowest BCUT2D eigenvalue weighted by Crippen LogP contribution is -2.38. The Balaban J connectivity index is 2.23. The maximum atomic E-state index is 12.4. The number of anilines is 1. The molecule has 1 heterocycles. The van der Waals surface area contributed by atoms with Gasteiger partial charge in [0.25, 0.3) is 5.91 Å². The van der Waals surface area contributed by atoms with Gasteiger partial charge in [-0.1, -0.05) is 26.0 Å². The minimum Gasteiger partial charge on any atom is -0.398 e. The summed E-state index contributed by atoms with van der Waals surface area (Å²) >= 11 is 0. The quantitative estimate of drug-likeness (QED) is 0.796.